The molecule has 1 amide bonds. The first kappa shape index (κ1) is 20.1. The molecule has 0 aromatic heterocycles. The van der Waals surface area contributed by atoms with Crippen molar-refractivity contribution in [1.82, 2.24) is 5.32 Å². The molecule has 2 aromatic carbocycles. The van der Waals surface area contributed by atoms with Crippen LogP contribution in [-0.4, -0.2) is 30.7 Å². The van der Waals surface area contributed by atoms with E-state index in [1.54, 1.807) is 30.3 Å². The molecule has 0 saturated heterocycles. The molecule has 0 aliphatic heterocycles. The van der Waals surface area contributed by atoms with Crippen LogP contribution < -0.4 is 15.4 Å². The van der Waals surface area contributed by atoms with E-state index in [2.05, 4.69) is 15.4 Å². The van der Waals surface area contributed by atoms with E-state index in [-0.39, 0.29) is 11.0 Å². The first-order valence-electron chi connectivity index (χ1n) is 8.23. The van der Waals surface area contributed by atoms with E-state index in [1.165, 1.54) is 13.2 Å². The standard InChI is InChI=1S/C20H20N2O4S/c1-3-26-17-11-4-14(5-12-17)6-13-18(23)22-20(27)21-16-9-7-15(8-10-16)19(24)25-2/h4-13H,3H2,1-2H3,(H2,21,22,23,27)/b13-6+. The normalized spacial score (nSPS) is 10.3. The van der Waals surface area contributed by atoms with E-state index in [1.807, 2.05) is 31.2 Å². The first-order valence-corrected chi connectivity index (χ1v) is 8.64. The van der Waals surface area contributed by atoms with Gasteiger partial charge in [-0.15, -0.1) is 0 Å². The van der Waals surface area contributed by atoms with Crippen molar-refractivity contribution < 1.29 is 19.1 Å². The first-order chi connectivity index (χ1) is 13.0. The van der Waals surface area contributed by atoms with Gasteiger partial charge in [0.2, 0.25) is 5.91 Å². The van der Waals surface area contributed by atoms with Gasteiger partial charge in [0.25, 0.3) is 0 Å². The molecule has 0 heterocycles. The highest BCUT2D eigenvalue weighted by Crippen LogP contribution is 2.13. The van der Waals surface area contributed by atoms with E-state index in [4.69, 9.17) is 17.0 Å². The minimum Gasteiger partial charge on any atom is -0.494 e. The number of hydrogen-bond acceptors (Lipinski definition) is 5. The number of amides is 1. The average molecular weight is 384 g/mol. The average Bonchev–Trinajstić information content (AvgIpc) is 2.67. The maximum Gasteiger partial charge on any atom is 0.337 e. The smallest absolute Gasteiger partial charge is 0.337 e. The summed E-state index contributed by atoms with van der Waals surface area (Å²) < 4.78 is 10.0. The third kappa shape index (κ3) is 6.56. The van der Waals surface area contributed by atoms with Crippen LogP contribution in [0.1, 0.15) is 22.8 Å². The van der Waals surface area contributed by atoms with Gasteiger partial charge in [0.05, 0.1) is 19.3 Å². The van der Waals surface area contributed by atoms with E-state index in [9.17, 15) is 9.59 Å². The molecule has 0 aliphatic rings. The zero-order valence-corrected chi connectivity index (χ0v) is 15.8. The minimum absolute atomic E-state index is 0.155. The maximum absolute atomic E-state index is 12.0. The summed E-state index contributed by atoms with van der Waals surface area (Å²) in [5, 5.41) is 5.59. The molecule has 0 spiro atoms. The van der Waals surface area contributed by atoms with Crippen LogP contribution in [0.15, 0.2) is 54.6 Å². The minimum atomic E-state index is -0.420. The van der Waals surface area contributed by atoms with Gasteiger partial charge in [0.1, 0.15) is 5.75 Å². The predicted octanol–water partition coefficient (Wildman–Crippen LogP) is 3.40. The Hall–Kier alpha value is -3.19. The van der Waals surface area contributed by atoms with Gasteiger partial charge >= 0.3 is 5.97 Å². The van der Waals surface area contributed by atoms with E-state index in [0.717, 1.165) is 11.3 Å². The summed E-state index contributed by atoms with van der Waals surface area (Å²) in [6.45, 7) is 2.52. The number of anilines is 1. The molecule has 0 radical (unpaired) electrons. The van der Waals surface area contributed by atoms with Gasteiger partial charge < -0.3 is 14.8 Å². The lowest BCUT2D eigenvalue weighted by Gasteiger charge is -2.08. The molecular weight excluding hydrogens is 364 g/mol. The molecule has 140 valence electrons. The van der Waals surface area contributed by atoms with Crippen molar-refractivity contribution in [2.75, 3.05) is 19.0 Å². The van der Waals surface area contributed by atoms with Crippen LogP contribution in [0.2, 0.25) is 0 Å². The Kier molecular flexibility index (Phi) is 7.51. The zero-order chi connectivity index (χ0) is 19.6. The summed E-state index contributed by atoms with van der Waals surface area (Å²) in [5.41, 5.74) is 1.94. The quantitative estimate of drug-likeness (QED) is 0.452. The summed E-state index contributed by atoms with van der Waals surface area (Å²) in [4.78, 5) is 23.3. The number of ether oxygens (including phenoxy) is 2. The molecule has 0 fully saturated rings. The molecule has 0 bridgehead atoms. The molecule has 2 rings (SSSR count). The van der Waals surface area contributed by atoms with Crippen LogP contribution in [0.5, 0.6) is 5.75 Å². The third-order valence-electron chi connectivity index (χ3n) is 3.42. The van der Waals surface area contributed by atoms with Gasteiger partial charge in [0, 0.05) is 11.8 Å². The van der Waals surface area contributed by atoms with Crippen LogP contribution in [-0.2, 0) is 9.53 Å². The lowest BCUT2D eigenvalue weighted by Crippen LogP contribution is -2.32. The van der Waals surface area contributed by atoms with Gasteiger partial charge in [-0.1, -0.05) is 12.1 Å². The summed E-state index contributed by atoms with van der Waals surface area (Å²) in [5.74, 6) is 0.00659. The van der Waals surface area contributed by atoms with Crippen molar-refractivity contribution in [2.24, 2.45) is 0 Å². The number of carbonyl (C=O) groups excluding carboxylic acids is 2. The van der Waals surface area contributed by atoms with Crippen LogP contribution >= 0.6 is 12.2 Å². The van der Waals surface area contributed by atoms with Gasteiger partial charge in [0.15, 0.2) is 5.11 Å². The maximum atomic E-state index is 12.0. The zero-order valence-electron chi connectivity index (χ0n) is 15.0. The van der Waals surface area contributed by atoms with Crippen LogP contribution in [0.4, 0.5) is 5.69 Å². The van der Waals surface area contributed by atoms with Crippen LogP contribution in [0, 0.1) is 0 Å². The lowest BCUT2D eigenvalue weighted by molar-refractivity contribution is -0.115. The molecule has 27 heavy (non-hydrogen) atoms. The largest absolute Gasteiger partial charge is 0.494 e. The topological polar surface area (TPSA) is 76.7 Å². The Morgan fingerprint density at radius 3 is 2.33 bits per heavy atom. The number of rotatable bonds is 6. The van der Waals surface area contributed by atoms with Crippen molar-refractivity contribution in [1.29, 1.82) is 0 Å². The number of hydrogen-bond donors (Lipinski definition) is 2. The molecule has 0 unspecified atom stereocenters. The number of benzene rings is 2. The Bertz CT molecular complexity index is 830. The van der Waals surface area contributed by atoms with Gasteiger partial charge in [-0.05, 0) is 67.2 Å². The fourth-order valence-electron chi connectivity index (χ4n) is 2.14. The van der Waals surface area contributed by atoms with Crippen molar-refractivity contribution in [3.63, 3.8) is 0 Å². The SMILES string of the molecule is CCOc1ccc(/C=C/C(=O)NC(=S)Nc2ccc(C(=O)OC)cc2)cc1. The monoisotopic (exact) mass is 384 g/mol. The number of esters is 1. The van der Waals surface area contributed by atoms with Crippen molar-refractivity contribution in [3.8, 4) is 5.75 Å². The van der Waals surface area contributed by atoms with Crippen molar-refractivity contribution in [3.05, 3.63) is 65.7 Å². The molecule has 2 N–H and O–H groups in total. The number of carbonyl (C=O) groups is 2. The summed E-state index contributed by atoms with van der Waals surface area (Å²) in [6, 6.07) is 13.9. The molecule has 0 atom stereocenters. The fourth-order valence-corrected chi connectivity index (χ4v) is 2.36. The van der Waals surface area contributed by atoms with Gasteiger partial charge in [-0.3, -0.25) is 10.1 Å². The molecule has 0 aliphatic carbocycles. The molecule has 2 aromatic rings. The van der Waals surface area contributed by atoms with Gasteiger partial charge in [-0.2, -0.15) is 0 Å². The Morgan fingerprint density at radius 1 is 1.07 bits per heavy atom. The third-order valence-corrected chi connectivity index (χ3v) is 3.62. The highest BCUT2D eigenvalue weighted by atomic mass is 32.1. The second-order valence-electron chi connectivity index (χ2n) is 5.35. The second kappa shape index (κ2) is 10.1. The van der Waals surface area contributed by atoms with Crippen molar-refractivity contribution >= 4 is 41.0 Å². The van der Waals surface area contributed by atoms with Gasteiger partial charge in [-0.25, -0.2) is 4.79 Å². The summed E-state index contributed by atoms with van der Waals surface area (Å²) in [7, 11) is 1.32. The highest BCUT2D eigenvalue weighted by Gasteiger charge is 2.06. The Morgan fingerprint density at radius 2 is 1.74 bits per heavy atom. The van der Waals surface area contributed by atoms with E-state index in [0.29, 0.717) is 17.9 Å². The van der Waals surface area contributed by atoms with E-state index >= 15 is 0 Å². The second-order valence-corrected chi connectivity index (χ2v) is 5.76. The highest BCUT2D eigenvalue weighted by molar-refractivity contribution is 7.80. The molecule has 6 nitrogen and oxygen atoms in total. The molecule has 0 saturated carbocycles. The van der Waals surface area contributed by atoms with Crippen molar-refractivity contribution in [2.45, 2.75) is 6.92 Å². The fraction of sp³-hybridized carbons (Fsp3) is 0.150. The molecular formula is C20H20N2O4S. The van der Waals surface area contributed by atoms with E-state index < -0.39 is 5.97 Å². The number of nitrogens with one attached hydrogen (secondary N) is 2. The summed E-state index contributed by atoms with van der Waals surface area (Å²) >= 11 is 5.11. The lowest BCUT2D eigenvalue weighted by atomic mass is 10.2. The number of thiocarbonyl (C=S) groups is 1. The van der Waals surface area contributed by atoms with Crippen LogP contribution in [0.3, 0.4) is 0 Å². The molecule has 7 heteroatoms. The Labute approximate surface area is 163 Å². The number of methoxy groups -OCH3 is 1. The van der Waals surface area contributed by atoms with Crippen LogP contribution in [0.25, 0.3) is 6.08 Å². The Balaban J connectivity index is 1.85. The summed E-state index contributed by atoms with van der Waals surface area (Å²) in [6.07, 6.45) is 3.07. The predicted molar refractivity (Wildman–Crippen MR) is 109 cm³/mol.